The summed E-state index contributed by atoms with van der Waals surface area (Å²) in [6.07, 6.45) is 0.844. The average Bonchev–Trinajstić information content (AvgIpc) is 2.90. The summed E-state index contributed by atoms with van der Waals surface area (Å²) in [7, 11) is 1.49. The molecule has 0 bridgehead atoms. The Morgan fingerprint density at radius 2 is 2.26 bits per heavy atom. The van der Waals surface area contributed by atoms with Gasteiger partial charge in [-0.2, -0.15) is 4.98 Å². The first-order chi connectivity index (χ1) is 9.19. The van der Waals surface area contributed by atoms with Gasteiger partial charge < -0.3 is 20.1 Å². The number of rotatable bonds is 5. The molecule has 0 radical (unpaired) electrons. The molecule has 19 heavy (non-hydrogen) atoms. The van der Waals surface area contributed by atoms with Crippen molar-refractivity contribution in [2.24, 2.45) is 5.73 Å². The molecule has 2 aromatic rings. The van der Waals surface area contributed by atoms with Crippen LogP contribution in [-0.2, 0) is 0 Å². The lowest BCUT2D eigenvalue weighted by Crippen LogP contribution is -2.11. The van der Waals surface area contributed by atoms with Crippen molar-refractivity contribution < 1.29 is 14.4 Å². The lowest BCUT2D eigenvalue weighted by molar-refractivity contribution is 0.351. The van der Waals surface area contributed by atoms with Gasteiger partial charge in [0.25, 0.3) is 0 Å². The van der Waals surface area contributed by atoms with Crippen LogP contribution in [0.3, 0.4) is 0 Å². The number of aromatic hydroxyl groups is 1. The lowest BCUT2D eigenvalue weighted by atomic mass is 10.1. The standard InChI is InChI=1S/C13H17N3O3/c1-3-8(7-14)13-15-12(16-19-13)9-4-5-10(17)11(6-9)18-2/h4-6,8,17H,3,7,14H2,1-2H3. The fraction of sp³-hybridized carbons (Fsp3) is 0.385. The summed E-state index contributed by atoms with van der Waals surface area (Å²) in [5, 5.41) is 13.5. The molecule has 0 saturated heterocycles. The molecule has 2 rings (SSSR count). The van der Waals surface area contributed by atoms with Crippen molar-refractivity contribution in [3.8, 4) is 22.9 Å². The van der Waals surface area contributed by atoms with Crippen LogP contribution in [0, 0.1) is 0 Å². The Morgan fingerprint density at radius 1 is 1.47 bits per heavy atom. The molecular formula is C13H17N3O3. The highest BCUT2D eigenvalue weighted by molar-refractivity contribution is 5.60. The van der Waals surface area contributed by atoms with Crippen molar-refractivity contribution >= 4 is 0 Å². The highest BCUT2D eigenvalue weighted by Crippen LogP contribution is 2.30. The molecule has 0 fully saturated rings. The Balaban J connectivity index is 2.32. The van der Waals surface area contributed by atoms with E-state index >= 15 is 0 Å². The first-order valence-electron chi connectivity index (χ1n) is 6.10. The van der Waals surface area contributed by atoms with E-state index in [1.807, 2.05) is 6.92 Å². The number of methoxy groups -OCH3 is 1. The zero-order valence-electron chi connectivity index (χ0n) is 11.0. The molecular weight excluding hydrogens is 246 g/mol. The number of nitrogens with zero attached hydrogens (tertiary/aromatic N) is 2. The number of ether oxygens (including phenoxy) is 1. The van der Waals surface area contributed by atoms with Crippen molar-refractivity contribution in [2.45, 2.75) is 19.3 Å². The van der Waals surface area contributed by atoms with Crippen LogP contribution >= 0.6 is 0 Å². The van der Waals surface area contributed by atoms with Gasteiger partial charge in [0.05, 0.1) is 13.0 Å². The van der Waals surface area contributed by atoms with Gasteiger partial charge in [-0.15, -0.1) is 0 Å². The van der Waals surface area contributed by atoms with Crippen molar-refractivity contribution in [1.29, 1.82) is 0 Å². The monoisotopic (exact) mass is 263 g/mol. The van der Waals surface area contributed by atoms with Crippen LogP contribution in [-0.4, -0.2) is 28.9 Å². The Labute approximate surface area is 111 Å². The van der Waals surface area contributed by atoms with Gasteiger partial charge in [-0.25, -0.2) is 0 Å². The Kier molecular flexibility index (Phi) is 4.01. The molecule has 6 heteroatoms. The SMILES string of the molecule is CCC(CN)c1nc(-c2ccc(O)c(OC)c2)no1. The third kappa shape index (κ3) is 2.68. The predicted molar refractivity (Wildman–Crippen MR) is 70.0 cm³/mol. The van der Waals surface area contributed by atoms with Gasteiger partial charge in [0, 0.05) is 12.1 Å². The maximum Gasteiger partial charge on any atom is 0.231 e. The smallest absolute Gasteiger partial charge is 0.231 e. The van der Waals surface area contributed by atoms with E-state index in [9.17, 15) is 5.11 Å². The Hall–Kier alpha value is -2.08. The van der Waals surface area contributed by atoms with Crippen LogP contribution in [0.15, 0.2) is 22.7 Å². The van der Waals surface area contributed by atoms with Gasteiger partial charge in [-0.3, -0.25) is 0 Å². The molecule has 1 unspecified atom stereocenters. The third-order valence-electron chi connectivity index (χ3n) is 3.01. The summed E-state index contributed by atoms with van der Waals surface area (Å²) in [5.74, 6) is 1.51. The predicted octanol–water partition coefficient (Wildman–Crippen LogP) is 1.90. The van der Waals surface area contributed by atoms with E-state index in [1.54, 1.807) is 12.1 Å². The van der Waals surface area contributed by atoms with Crippen LogP contribution in [0.1, 0.15) is 25.2 Å². The van der Waals surface area contributed by atoms with E-state index in [4.69, 9.17) is 15.0 Å². The van der Waals surface area contributed by atoms with Crippen LogP contribution in [0.25, 0.3) is 11.4 Å². The highest BCUT2D eigenvalue weighted by atomic mass is 16.5. The fourth-order valence-electron chi connectivity index (χ4n) is 1.78. The molecule has 0 aliphatic heterocycles. The molecule has 1 heterocycles. The maximum atomic E-state index is 9.55. The Morgan fingerprint density at radius 3 is 2.89 bits per heavy atom. The van der Waals surface area contributed by atoms with Crippen LogP contribution < -0.4 is 10.5 Å². The second-order valence-corrected chi connectivity index (χ2v) is 4.18. The minimum Gasteiger partial charge on any atom is -0.504 e. The number of nitrogens with two attached hydrogens (primary N) is 1. The van der Waals surface area contributed by atoms with Gasteiger partial charge >= 0.3 is 0 Å². The molecule has 3 N–H and O–H groups in total. The number of phenolic OH excluding ortho intramolecular Hbond substituents is 1. The number of phenols is 1. The molecule has 1 aromatic carbocycles. The average molecular weight is 263 g/mol. The Bertz CT molecular complexity index is 550. The molecule has 0 aliphatic carbocycles. The molecule has 0 spiro atoms. The highest BCUT2D eigenvalue weighted by Gasteiger charge is 2.17. The van der Waals surface area contributed by atoms with Gasteiger partial charge in [0.15, 0.2) is 11.5 Å². The summed E-state index contributed by atoms with van der Waals surface area (Å²) >= 11 is 0. The van der Waals surface area contributed by atoms with Gasteiger partial charge in [0.1, 0.15) is 0 Å². The largest absolute Gasteiger partial charge is 0.504 e. The van der Waals surface area contributed by atoms with Crippen molar-refractivity contribution in [2.75, 3.05) is 13.7 Å². The first-order valence-corrected chi connectivity index (χ1v) is 6.10. The first kappa shape index (κ1) is 13.4. The zero-order valence-corrected chi connectivity index (χ0v) is 11.0. The quantitative estimate of drug-likeness (QED) is 0.855. The number of hydrogen-bond acceptors (Lipinski definition) is 6. The normalized spacial score (nSPS) is 12.4. The second-order valence-electron chi connectivity index (χ2n) is 4.18. The van der Waals surface area contributed by atoms with E-state index < -0.39 is 0 Å². The fourth-order valence-corrected chi connectivity index (χ4v) is 1.78. The van der Waals surface area contributed by atoms with Gasteiger partial charge in [-0.05, 0) is 24.6 Å². The maximum absolute atomic E-state index is 9.55. The van der Waals surface area contributed by atoms with Crippen LogP contribution in [0.2, 0.25) is 0 Å². The number of hydrogen-bond donors (Lipinski definition) is 2. The van der Waals surface area contributed by atoms with E-state index in [0.29, 0.717) is 24.0 Å². The van der Waals surface area contributed by atoms with E-state index in [1.165, 1.54) is 13.2 Å². The molecule has 102 valence electrons. The van der Waals surface area contributed by atoms with Crippen molar-refractivity contribution in [3.05, 3.63) is 24.1 Å². The van der Waals surface area contributed by atoms with Crippen molar-refractivity contribution in [1.82, 2.24) is 10.1 Å². The van der Waals surface area contributed by atoms with E-state index in [2.05, 4.69) is 10.1 Å². The van der Waals surface area contributed by atoms with Gasteiger partial charge in [-0.1, -0.05) is 12.1 Å². The molecule has 0 aliphatic rings. The minimum atomic E-state index is 0.0697. The summed E-state index contributed by atoms with van der Waals surface area (Å²) in [6, 6.07) is 4.90. The van der Waals surface area contributed by atoms with Crippen LogP contribution in [0.5, 0.6) is 11.5 Å². The third-order valence-corrected chi connectivity index (χ3v) is 3.01. The second kappa shape index (κ2) is 5.71. The van der Waals surface area contributed by atoms with E-state index in [0.717, 1.165) is 12.0 Å². The molecule has 1 atom stereocenters. The molecule has 1 aromatic heterocycles. The van der Waals surface area contributed by atoms with E-state index in [-0.39, 0.29) is 11.7 Å². The zero-order chi connectivity index (χ0) is 13.8. The van der Waals surface area contributed by atoms with Crippen LogP contribution in [0.4, 0.5) is 0 Å². The number of aromatic nitrogens is 2. The molecule has 0 amide bonds. The summed E-state index contributed by atoms with van der Waals surface area (Å²) in [5.41, 5.74) is 6.37. The lowest BCUT2D eigenvalue weighted by Gasteiger charge is -2.05. The summed E-state index contributed by atoms with van der Waals surface area (Å²) < 4.78 is 10.3. The molecule has 6 nitrogen and oxygen atoms in total. The summed E-state index contributed by atoms with van der Waals surface area (Å²) in [4.78, 5) is 4.33. The molecule has 0 saturated carbocycles. The minimum absolute atomic E-state index is 0.0697. The topological polar surface area (TPSA) is 94.4 Å². The number of benzene rings is 1. The van der Waals surface area contributed by atoms with Gasteiger partial charge in [0.2, 0.25) is 11.7 Å². The summed E-state index contributed by atoms with van der Waals surface area (Å²) in [6.45, 7) is 2.49. The van der Waals surface area contributed by atoms with Crippen molar-refractivity contribution in [3.63, 3.8) is 0 Å².